The van der Waals surface area contributed by atoms with Gasteiger partial charge in [-0.05, 0) is 17.7 Å². The summed E-state index contributed by atoms with van der Waals surface area (Å²) in [5.41, 5.74) is 1.69. The molecule has 0 radical (unpaired) electrons. The zero-order chi connectivity index (χ0) is 18.4. The van der Waals surface area contributed by atoms with Crippen LogP contribution in [0.1, 0.15) is 23.0 Å². The molecule has 0 fully saturated rings. The highest BCUT2D eigenvalue weighted by Crippen LogP contribution is 2.30. The number of methoxy groups -OCH3 is 1. The van der Waals surface area contributed by atoms with Crippen LogP contribution in [-0.4, -0.2) is 27.1 Å². The van der Waals surface area contributed by atoms with Gasteiger partial charge in [-0.25, -0.2) is 0 Å². The number of pyridine rings is 1. The molecule has 7 nitrogen and oxygen atoms in total. The van der Waals surface area contributed by atoms with Crippen molar-refractivity contribution in [1.29, 1.82) is 0 Å². The summed E-state index contributed by atoms with van der Waals surface area (Å²) in [4.78, 5) is 25.7. The molecule has 2 aromatic rings. The van der Waals surface area contributed by atoms with Gasteiger partial charge in [0.2, 0.25) is 0 Å². The van der Waals surface area contributed by atoms with Gasteiger partial charge in [0, 0.05) is 31.0 Å². The number of ether oxygens (including phenoxy) is 1. The summed E-state index contributed by atoms with van der Waals surface area (Å²) in [6, 6.07) is 7.72. The first-order valence-electron chi connectivity index (χ1n) is 7.12. The van der Waals surface area contributed by atoms with Crippen molar-refractivity contribution in [2.75, 3.05) is 12.4 Å². The van der Waals surface area contributed by atoms with E-state index in [2.05, 4.69) is 10.3 Å². The molecule has 2 rings (SSSR count). The SMILES string of the molecule is COc1ccc([N+](=O)[O-])cc1NC(=S)SCc1ccc(C(C)=O)nc1. The van der Waals surface area contributed by atoms with Crippen LogP contribution >= 0.6 is 24.0 Å². The summed E-state index contributed by atoms with van der Waals surface area (Å²) < 4.78 is 5.62. The van der Waals surface area contributed by atoms with Crippen molar-refractivity contribution in [3.63, 3.8) is 0 Å². The summed E-state index contributed by atoms with van der Waals surface area (Å²) in [5, 5.41) is 13.8. The summed E-state index contributed by atoms with van der Waals surface area (Å²) >= 11 is 6.61. The van der Waals surface area contributed by atoms with Gasteiger partial charge in [-0.1, -0.05) is 30.0 Å². The standard InChI is InChI=1S/C16H15N3O4S2/c1-10(20)13-5-3-11(8-17-13)9-25-16(24)18-14-7-12(19(21)22)4-6-15(14)23-2/h3-8H,9H2,1-2H3,(H,18,24). The molecule has 0 aliphatic carbocycles. The minimum atomic E-state index is -0.483. The average Bonchev–Trinajstić information content (AvgIpc) is 2.60. The number of anilines is 1. The quantitative estimate of drug-likeness (QED) is 0.351. The van der Waals surface area contributed by atoms with Gasteiger partial charge in [-0.3, -0.25) is 19.9 Å². The highest BCUT2D eigenvalue weighted by Gasteiger charge is 2.12. The first-order chi connectivity index (χ1) is 11.9. The van der Waals surface area contributed by atoms with Gasteiger partial charge in [0.1, 0.15) is 15.8 Å². The fourth-order valence-electron chi connectivity index (χ4n) is 1.92. The lowest BCUT2D eigenvalue weighted by molar-refractivity contribution is -0.384. The van der Waals surface area contributed by atoms with Gasteiger partial charge in [-0.15, -0.1) is 0 Å². The molecule has 0 amide bonds. The lowest BCUT2D eigenvalue weighted by atomic mass is 10.2. The normalized spacial score (nSPS) is 10.2. The van der Waals surface area contributed by atoms with Crippen LogP contribution in [-0.2, 0) is 5.75 Å². The number of Topliss-reactive ketones (excluding diaryl/α,β-unsaturated/α-hetero) is 1. The highest BCUT2D eigenvalue weighted by atomic mass is 32.2. The Labute approximate surface area is 153 Å². The minimum absolute atomic E-state index is 0.0554. The Morgan fingerprint density at radius 1 is 1.40 bits per heavy atom. The maximum absolute atomic E-state index is 11.2. The van der Waals surface area contributed by atoms with Crippen LogP contribution < -0.4 is 10.1 Å². The average molecular weight is 377 g/mol. The smallest absolute Gasteiger partial charge is 0.271 e. The fourth-order valence-corrected chi connectivity index (χ4v) is 2.86. The van der Waals surface area contributed by atoms with Crippen LogP contribution in [0.3, 0.4) is 0 Å². The molecule has 1 aromatic heterocycles. The summed E-state index contributed by atoms with van der Waals surface area (Å²) in [7, 11) is 1.48. The molecule has 1 aromatic carbocycles. The van der Waals surface area contributed by atoms with E-state index in [-0.39, 0.29) is 11.5 Å². The van der Waals surface area contributed by atoms with E-state index < -0.39 is 4.92 Å². The van der Waals surface area contributed by atoms with Gasteiger partial charge in [0.05, 0.1) is 17.7 Å². The lowest BCUT2D eigenvalue weighted by Gasteiger charge is -2.11. The minimum Gasteiger partial charge on any atom is -0.495 e. The van der Waals surface area contributed by atoms with Crippen molar-refractivity contribution in [2.24, 2.45) is 0 Å². The molecule has 0 spiro atoms. The Kier molecular flexibility index (Phi) is 6.43. The number of nitrogens with zero attached hydrogens (tertiary/aromatic N) is 2. The van der Waals surface area contributed by atoms with Gasteiger partial charge >= 0.3 is 0 Å². The van der Waals surface area contributed by atoms with Crippen molar-refractivity contribution >= 4 is 45.5 Å². The van der Waals surface area contributed by atoms with Gasteiger partial charge in [-0.2, -0.15) is 0 Å². The predicted octanol–water partition coefficient (Wildman–Crippen LogP) is 3.83. The highest BCUT2D eigenvalue weighted by molar-refractivity contribution is 8.22. The van der Waals surface area contributed by atoms with Gasteiger partial charge in [0.25, 0.3) is 5.69 Å². The fraction of sp³-hybridized carbons (Fsp3) is 0.188. The molecule has 0 atom stereocenters. The number of hydrogen-bond acceptors (Lipinski definition) is 7. The van der Waals surface area contributed by atoms with E-state index in [0.717, 1.165) is 5.56 Å². The van der Waals surface area contributed by atoms with Gasteiger partial charge in [0.15, 0.2) is 5.78 Å². The number of thiocarbonyl (C=S) groups is 1. The lowest BCUT2D eigenvalue weighted by Crippen LogP contribution is -2.07. The summed E-state index contributed by atoms with van der Waals surface area (Å²) in [6.45, 7) is 1.46. The van der Waals surface area contributed by atoms with Crippen molar-refractivity contribution in [3.05, 3.63) is 57.9 Å². The van der Waals surface area contributed by atoms with Crippen LogP contribution in [0.15, 0.2) is 36.5 Å². The molecular formula is C16H15N3O4S2. The maximum Gasteiger partial charge on any atom is 0.271 e. The van der Waals surface area contributed by atoms with E-state index in [4.69, 9.17) is 17.0 Å². The van der Waals surface area contributed by atoms with E-state index in [0.29, 0.717) is 27.2 Å². The van der Waals surface area contributed by atoms with Crippen LogP contribution in [0.4, 0.5) is 11.4 Å². The van der Waals surface area contributed by atoms with E-state index in [1.807, 2.05) is 6.07 Å². The van der Waals surface area contributed by atoms with Crippen molar-refractivity contribution in [3.8, 4) is 5.75 Å². The second-order valence-electron chi connectivity index (χ2n) is 4.95. The summed E-state index contributed by atoms with van der Waals surface area (Å²) in [6.07, 6.45) is 1.63. The van der Waals surface area contributed by atoms with Crippen LogP contribution in [0.5, 0.6) is 5.75 Å². The third-order valence-electron chi connectivity index (χ3n) is 3.19. The third kappa shape index (κ3) is 5.23. The maximum atomic E-state index is 11.2. The zero-order valence-electron chi connectivity index (χ0n) is 13.5. The number of benzene rings is 1. The largest absolute Gasteiger partial charge is 0.495 e. The number of rotatable bonds is 6. The molecule has 0 bridgehead atoms. The molecule has 1 N–H and O–H groups in total. The molecule has 0 aliphatic rings. The molecule has 0 saturated heterocycles. The molecule has 1 heterocycles. The van der Waals surface area contributed by atoms with E-state index >= 15 is 0 Å². The van der Waals surface area contributed by atoms with Crippen LogP contribution in [0.25, 0.3) is 0 Å². The monoisotopic (exact) mass is 377 g/mol. The van der Waals surface area contributed by atoms with E-state index in [1.54, 1.807) is 12.3 Å². The number of nitrogens with one attached hydrogen (secondary N) is 1. The molecule has 130 valence electrons. The second-order valence-corrected chi connectivity index (χ2v) is 6.60. The zero-order valence-corrected chi connectivity index (χ0v) is 15.1. The molecule has 9 heteroatoms. The van der Waals surface area contributed by atoms with Crippen LogP contribution in [0, 0.1) is 10.1 Å². The Morgan fingerprint density at radius 3 is 2.72 bits per heavy atom. The second kappa shape index (κ2) is 8.54. The number of nitro groups is 1. The predicted molar refractivity (Wildman–Crippen MR) is 101 cm³/mol. The Bertz CT molecular complexity index is 810. The number of carbonyl (C=O) groups is 1. The number of non-ortho nitro benzene ring substituents is 1. The first kappa shape index (κ1) is 18.8. The number of hydrogen-bond donors (Lipinski definition) is 1. The van der Waals surface area contributed by atoms with E-state index in [9.17, 15) is 14.9 Å². The van der Waals surface area contributed by atoms with Crippen LogP contribution in [0.2, 0.25) is 0 Å². The first-order valence-corrected chi connectivity index (χ1v) is 8.52. The number of carbonyl (C=O) groups excluding carboxylic acids is 1. The molecule has 25 heavy (non-hydrogen) atoms. The number of aromatic nitrogens is 1. The van der Waals surface area contributed by atoms with E-state index in [1.165, 1.54) is 44.0 Å². The molecule has 0 aliphatic heterocycles. The van der Waals surface area contributed by atoms with Crippen molar-refractivity contribution in [2.45, 2.75) is 12.7 Å². The topological polar surface area (TPSA) is 94.4 Å². The Hall–Kier alpha value is -2.52. The Balaban J connectivity index is 2.01. The number of nitro benzene ring substituents is 1. The Morgan fingerprint density at radius 2 is 2.16 bits per heavy atom. The summed E-state index contributed by atoms with van der Waals surface area (Å²) in [5.74, 6) is 0.920. The van der Waals surface area contributed by atoms with Crippen molar-refractivity contribution in [1.82, 2.24) is 4.98 Å². The molecule has 0 saturated carbocycles. The van der Waals surface area contributed by atoms with Gasteiger partial charge < -0.3 is 10.1 Å². The third-order valence-corrected chi connectivity index (χ3v) is 4.48. The molecule has 0 unspecified atom stereocenters. The molecular weight excluding hydrogens is 362 g/mol. The number of thioether (sulfide) groups is 1. The number of ketones is 1. The van der Waals surface area contributed by atoms with Crippen molar-refractivity contribution < 1.29 is 14.5 Å².